The molecule has 0 bridgehead atoms. The van der Waals surface area contributed by atoms with Crippen LogP contribution in [0.2, 0.25) is 0 Å². The third kappa shape index (κ3) is 5.78. The summed E-state index contributed by atoms with van der Waals surface area (Å²) >= 11 is 0. The number of hydrogen-bond acceptors (Lipinski definition) is 6. The molecule has 0 aromatic carbocycles. The molecule has 1 rings (SSSR count). The van der Waals surface area contributed by atoms with Gasteiger partial charge in [-0.05, 0) is 19.3 Å². The van der Waals surface area contributed by atoms with E-state index < -0.39 is 35.7 Å². The van der Waals surface area contributed by atoms with Crippen LogP contribution in [0.4, 0.5) is 0 Å². The molecule has 0 radical (unpaired) electrons. The number of rotatable bonds is 9. The Balaban J connectivity index is 2.74. The average molecular weight is 343 g/mol. The summed E-state index contributed by atoms with van der Waals surface area (Å²) < 4.78 is 10.3. The summed E-state index contributed by atoms with van der Waals surface area (Å²) in [4.78, 5) is 35.2. The van der Waals surface area contributed by atoms with E-state index in [1.807, 2.05) is 6.92 Å². The SMILES string of the molecule is CCCC(=O)OC(CC)OC(=O)C(N)C1(CC(=O)O)CCCCC1. The number of carbonyl (C=O) groups excluding carboxylic acids is 2. The molecule has 1 aliphatic carbocycles. The predicted octanol–water partition coefficient (Wildman–Crippen LogP) is 2.36. The number of carbonyl (C=O) groups is 3. The van der Waals surface area contributed by atoms with Crippen molar-refractivity contribution < 1.29 is 29.0 Å². The Kier molecular flexibility index (Phi) is 8.18. The van der Waals surface area contributed by atoms with Crippen LogP contribution in [-0.4, -0.2) is 35.3 Å². The molecule has 2 atom stereocenters. The van der Waals surface area contributed by atoms with Crippen molar-refractivity contribution in [2.45, 2.75) is 84.0 Å². The Morgan fingerprint density at radius 2 is 1.75 bits per heavy atom. The molecule has 138 valence electrons. The number of carboxylic acid groups (broad SMARTS) is 1. The van der Waals surface area contributed by atoms with Crippen LogP contribution in [0.1, 0.15) is 71.6 Å². The molecule has 0 aromatic rings. The van der Waals surface area contributed by atoms with Gasteiger partial charge in [0.2, 0.25) is 6.29 Å². The molecule has 2 unspecified atom stereocenters. The van der Waals surface area contributed by atoms with Crippen LogP contribution in [-0.2, 0) is 23.9 Å². The fourth-order valence-corrected chi connectivity index (χ4v) is 3.21. The maximum atomic E-state index is 12.4. The number of carboxylic acids is 1. The topological polar surface area (TPSA) is 116 Å². The molecule has 0 amide bonds. The smallest absolute Gasteiger partial charge is 0.326 e. The standard InChI is InChI=1S/C17H29NO6/c1-3-8-13(21)23-14(4-2)24-16(22)15(18)17(11-12(19)20)9-6-5-7-10-17/h14-15H,3-11,18H2,1-2H3,(H,19,20). The maximum Gasteiger partial charge on any atom is 0.326 e. The van der Waals surface area contributed by atoms with E-state index in [9.17, 15) is 19.5 Å². The molecule has 0 spiro atoms. The van der Waals surface area contributed by atoms with E-state index >= 15 is 0 Å². The molecular formula is C17H29NO6. The van der Waals surface area contributed by atoms with E-state index in [2.05, 4.69) is 0 Å². The Morgan fingerprint density at radius 1 is 1.12 bits per heavy atom. The van der Waals surface area contributed by atoms with Gasteiger partial charge in [-0.25, -0.2) is 0 Å². The summed E-state index contributed by atoms with van der Waals surface area (Å²) in [6.45, 7) is 3.58. The van der Waals surface area contributed by atoms with Crippen molar-refractivity contribution in [2.24, 2.45) is 11.1 Å². The molecule has 0 aliphatic heterocycles. The lowest BCUT2D eigenvalue weighted by atomic mass is 9.67. The van der Waals surface area contributed by atoms with E-state index in [0.29, 0.717) is 25.7 Å². The van der Waals surface area contributed by atoms with Gasteiger partial charge in [0.25, 0.3) is 0 Å². The Morgan fingerprint density at radius 3 is 2.25 bits per heavy atom. The third-order valence-electron chi connectivity index (χ3n) is 4.56. The van der Waals surface area contributed by atoms with Gasteiger partial charge in [0, 0.05) is 18.3 Å². The quantitative estimate of drug-likeness (QED) is 0.487. The first-order chi connectivity index (χ1) is 11.3. The summed E-state index contributed by atoms with van der Waals surface area (Å²) in [5.41, 5.74) is 5.30. The minimum atomic E-state index is -1.03. The minimum Gasteiger partial charge on any atom is -0.481 e. The first-order valence-corrected chi connectivity index (χ1v) is 8.72. The summed E-state index contributed by atoms with van der Waals surface area (Å²) in [7, 11) is 0. The zero-order valence-corrected chi connectivity index (χ0v) is 14.6. The molecule has 1 aliphatic rings. The highest BCUT2D eigenvalue weighted by molar-refractivity contribution is 5.79. The lowest BCUT2D eigenvalue weighted by Gasteiger charge is -2.39. The van der Waals surface area contributed by atoms with E-state index in [0.717, 1.165) is 19.3 Å². The number of esters is 2. The van der Waals surface area contributed by atoms with Gasteiger partial charge >= 0.3 is 17.9 Å². The van der Waals surface area contributed by atoms with Crippen LogP contribution >= 0.6 is 0 Å². The van der Waals surface area contributed by atoms with Gasteiger partial charge in [0.15, 0.2) is 0 Å². The second kappa shape index (κ2) is 9.61. The van der Waals surface area contributed by atoms with Crippen LogP contribution in [0, 0.1) is 5.41 Å². The number of ether oxygens (including phenoxy) is 2. The van der Waals surface area contributed by atoms with Crippen molar-refractivity contribution in [2.75, 3.05) is 0 Å². The van der Waals surface area contributed by atoms with Crippen molar-refractivity contribution in [1.82, 2.24) is 0 Å². The largest absolute Gasteiger partial charge is 0.481 e. The molecule has 0 aromatic heterocycles. The fourth-order valence-electron chi connectivity index (χ4n) is 3.21. The minimum absolute atomic E-state index is 0.157. The van der Waals surface area contributed by atoms with Gasteiger partial charge in [-0.15, -0.1) is 0 Å². The monoisotopic (exact) mass is 343 g/mol. The van der Waals surface area contributed by atoms with Gasteiger partial charge in [-0.2, -0.15) is 0 Å². The van der Waals surface area contributed by atoms with Gasteiger partial charge in [-0.1, -0.05) is 33.1 Å². The molecule has 0 heterocycles. The highest BCUT2D eigenvalue weighted by Crippen LogP contribution is 2.42. The number of nitrogens with two attached hydrogens (primary N) is 1. The van der Waals surface area contributed by atoms with Crippen LogP contribution in [0.25, 0.3) is 0 Å². The average Bonchev–Trinajstić information content (AvgIpc) is 2.53. The predicted molar refractivity (Wildman–Crippen MR) is 86.9 cm³/mol. The molecule has 7 heteroatoms. The fraction of sp³-hybridized carbons (Fsp3) is 0.824. The maximum absolute atomic E-state index is 12.4. The van der Waals surface area contributed by atoms with Crippen LogP contribution in [0.15, 0.2) is 0 Å². The zero-order chi connectivity index (χ0) is 18.2. The zero-order valence-electron chi connectivity index (χ0n) is 14.6. The van der Waals surface area contributed by atoms with Crippen molar-refractivity contribution >= 4 is 17.9 Å². The van der Waals surface area contributed by atoms with Gasteiger partial charge in [-0.3, -0.25) is 14.4 Å². The highest BCUT2D eigenvalue weighted by atomic mass is 16.7. The molecule has 0 saturated heterocycles. The summed E-state index contributed by atoms with van der Waals surface area (Å²) in [6.07, 6.45) is 3.95. The molecule has 24 heavy (non-hydrogen) atoms. The Bertz CT molecular complexity index is 444. The highest BCUT2D eigenvalue weighted by Gasteiger charge is 2.44. The van der Waals surface area contributed by atoms with Crippen molar-refractivity contribution in [3.05, 3.63) is 0 Å². The molecular weight excluding hydrogens is 314 g/mol. The van der Waals surface area contributed by atoms with Gasteiger partial charge in [0.1, 0.15) is 6.04 Å². The molecule has 1 fully saturated rings. The Labute approximate surface area is 142 Å². The molecule has 1 saturated carbocycles. The van der Waals surface area contributed by atoms with E-state index in [4.69, 9.17) is 15.2 Å². The van der Waals surface area contributed by atoms with Crippen molar-refractivity contribution in [1.29, 1.82) is 0 Å². The molecule has 7 nitrogen and oxygen atoms in total. The van der Waals surface area contributed by atoms with E-state index in [1.165, 1.54) is 0 Å². The first-order valence-electron chi connectivity index (χ1n) is 8.72. The van der Waals surface area contributed by atoms with E-state index in [-0.39, 0.29) is 12.8 Å². The lowest BCUT2D eigenvalue weighted by molar-refractivity contribution is -0.191. The third-order valence-corrected chi connectivity index (χ3v) is 4.56. The van der Waals surface area contributed by atoms with Crippen LogP contribution in [0.3, 0.4) is 0 Å². The van der Waals surface area contributed by atoms with Crippen LogP contribution < -0.4 is 5.73 Å². The Hall–Kier alpha value is -1.63. The summed E-state index contributed by atoms with van der Waals surface area (Å²) in [6, 6.07) is -1.03. The first kappa shape index (κ1) is 20.4. The van der Waals surface area contributed by atoms with Gasteiger partial charge < -0.3 is 20.3 Å². The normalized spacial score (nSPS) is 19.1. The summed E-state index contributed by atoms with van der Waals surface area (Å²) in [5.74, 6) is -2.10. The second-order valence-corrected chi connectivity index (χ2v) is 6.49. The second-order valence-electron chi connectivity index (χ2n) is 6.49. The van der Waals surface area contributed by atoms with Gasteiger partial charge in [0.05, 0.1) is 6.42 Å². The number of aliphatic carboxylic acids is 1. The van der Waals surface area contributed by atoms with E-state index in [1.54, 1.807) is 6.92 Å². The lowest BCUT2D eigenvalue weighted by Crippen LogP contribution is -2.51. The number of hydrogen-bond donors (Lipinski definition) is 2. The van der Waals surface area contributed by atoms with Crippen LogP contribution in [0.5, 0.6) is 0 Å². The van der Waals surface area contributed by atoms with Crippen molar-refractivity contribution in [3.63, 3.8) is 0 Å². The van der Waals surface area contributed by atoms with Crippen molar-refractivity contribution in [3.8, 4) is 0 Å². The summed E-state index contributed by atoms with van der Waals surface area (Å²) in [5, 5.41) is 9.19. The molecule has 3 N–H and O–H groups in total.